The van der Waals surface area contributed by atoms with E-state index in [9.17, 15) is 4.79 Å². The van der Waals surface area contributed by atoms with E-state index in [1.807, 2.05) is 6.92 Å². The molecule has 0 aromatic rings. The second-order valence-electron chi connectivity index (χ2n) is 4.60. The first-order valence-electron chi connectivity index (χ1n) is 7.10. The second kappa shape index (κ2) is 11.2. The Labute approximate surface area is 123 Å². The van der Waals surface area contributed by atoms with Crippen LogP contribution in [-0.2, 0) is 22.8 Å². The number of unbranched alkanes of at least 4 members (excludes halogenated alkanes) is 1. The van der Waals surface area contributed by atoms with Crippen molar-refractivity contribution in [3.05, 3.63) is 0 Å². The molecule has 7 heteroatoms. The Morgan fingerprint density at radius 2 is 1.75 bits per heavy atom. The molecule has 1 unspecified atom stereocenters. The van der Waals surface area contributed by atoms with Crippen molar-refractivity contribution in [3.8, 4) is 0 Å². The van der Waals surface area contributed by atoms with Crippen LogP contribution in [0.15, 0.2) is 0 Å². The number of rotatable bonds is 12. The lowest BCUT2D eigenvalue weighted by Crippen LogP contribution is -2.43. The highest BCUT2D eigenvalue weighted by Gasteiger charge is 2.36. The molecule has 0 spiro atoms. The molecule has 120 valence electrons. The maximum Gasteiger partial charge on any atom is 0.500 e. The highest BCUT2D eigenvalue weighted by atomic mass is 28.4. The van der Waals surface area contributed by atoms with Crippen LogP contribution in [0.5, 0.6) is 0 Å². The zero-order chi connectivity index (χ0) is 15.4. The molecule has 0 aliphatic carbocycles. The molecule has 0 heterocycles. The fourth-order valence-corrected chi connectivity index (χ4v) is 3.43. The van der Waals surface area contributed by atoms with Crippen molar-refractivity contribution in [2.45, 2.75) is 45.2 Å². The quantitative estimate of drug-likeness (QED) is 0.335. The van der Waals surface area contributed by atoms with Crippen molar-refractivity contribution < 1.29 is 22.8 Å². The van der Waals surface area contributed by atoms with E-state index in [4.69, 9.17) is 18.0 Å². The van der Waals surface area contributed by atoms with Gasteiger partial charge in [-0.15, -0.1) is 0 Å². The van der Waals surface area contributed by atoms with Crippen LogP contribution in [0.2, 0.25) is 6.04 Å². The summed E-state index contributed by atoms with van der Waals surface area (Å²) in [5.41, 5.74) is 0. The summed E-state index contributed by atoms with van der Waals surface area (Å²) < 4.78 is 21.1. The molecule has 0 amide bonds. The zero-order valence-electron chi connectivity index (χ0n) is 13.4. The third-order valence-corrected chi connectivity index (χ3v) is 5.97. The average Bonchev–Trinajstić information content (AvgIpc) is 2.48. The summed E-state index contributed by atoms with van der Waals surface area (Å²) in [6, 6.07) is 0.414. The minimum Gasteiger partial charge on any atom is -0.465 e. The van der Waals surface area contributed by atoms with Gasteiger partial charge in [-0.1, -0.05) is 13.3 Å². The molecular weight excluding hydrogens is 278 g/mol. The van der Waals surface area contributed by atoms with Gasteiger partial charge in [0.1, 0.15) is 6.04 Å². The molecule has 0 radical (unpaired) electrons. The Hall–Kier alpha value is -0.473. The minimum atomic E-state index is -2.50. The van der Waals surface area contributed by atoms with Crippen molar-refractivity contribution in [1.82, 2.24) is 5.32 Å². The summed E-state index contributed by atoms with van der Waals surface area (Å²) in [6.45, 7) is 5.05. The van der Waals surface area contributed by atoms with Gasteiger partial charge in [0.2, 0.25) is 0 Å². The van der Waals surface area contributed by atoms with E-state index < -0.39 is 8.80 Å². The predicted molar refractivity (Wildman–Crippen MR) is 79.5 cm³/mol. The van der Waals surface area contributed by atoms with Gasteiger partial charge in [0.15, 0.2) is 0 Å². The first-order valence-corrected chi connectivity index (χ1v) is 9.03. The number of hydrogen-bond donors (Lipinski definition) is 1. The van der Waals surface area contributed by atoms with Crippen LogP contribution in [-0.4, -0.2) is 55.3 Å². The average molecular weight is 307 g/mol. The van der Waals surface area contributed by atoms with Gasteiger partial charge in [0.25, 0.3) is 0 Å². The van der Waals surface area contributed by atoms with Gasteiger partial charge in [-0.05, 0) is 26.3 Å². The van der Waals surface area contributed by atoms with Gasteiger partial charge in [-0.2, -0.15) is 0 Å². The van der Waals surface area contributed by atoms with Crippen LogP contribution in [0.25, 0.3) is 0 Å². The molecule has 1 atom stereocenters. The number of ether oxygens (including phenoxy) is 1. The predicted octanol–water partition coefficient (Wildman–Crippen LogP) is 1.58. The first-order chi connectivity index (χ1) is 9.55. The molecule has 0 aromatic carbocycles. The molecular formula is C13H29NO5Si. The van der Waals surface area contributed by atoms with Crippen molar-refractivity contribution in [1.29, 1.82) is 0 Å². The Kier molecular flexibility index (Phi) is 10.9. The molecule has 0 saturated heterocycles. The van der Waals surface area contributed by atoms with Gasteiger partial charge in [0, 0.05) is 27.4 Å². The lowest BCUT2D eigenvalue weighted by atomic mass is 10.3. The van der Waals surface area contributed by atoms with Crippen LogP contribution < -0.4 is 5.32 Å². The van der Waals surface area contributed by atoms with E-state index in [0.717, 1.165) is 19.3 Å². The van der Waals surface area contributed by atoms with Crippen molar-refractivity contribution in [3.63, 3.8) is 0 Å². The molecule has 0 fully saturated rings. The van der Waals surface area contributed by atoms with Gasteiger partial charge >= 0.3 is 14.8 Å². The molecule has 0 aliphatic rings. The first kappa shape index (κ1) is 19.5. The fraction of sp³-hybridized carbons (Fsp3) is 0.923. The Morgan fingerprint density at radius 3 is 2.25 bits per heavy atom. The molecule has 0 aliphatic heterocycles. The van der Waals surface area contributed by atoms with Crippen LogP contribution >= 0.6 is 0 Å². The molecule has 20 heavy (non-hydrogen) atoms. The van der Waals surface area contributed by atoms with E-state index in [-0.39, 0.29) is 12.0 Å². The largest absolute Gasteiger partial charge is 0.500 e. The summed E-state index contributed by atoms with van der Waals surface area (Å²) in [7, 11) is 2.29. The number of carbonyl (C=O) groups excluding carboxylic acids is 1. The highest BCUT2D eigenvalue weighted by Crippen LogP contribution is 2.14. The Balaban J connectivity index is 3.85. The van der Waals surface area contributed by atoms with Crippen molar-refractivity contribution in [2.24, 2.45) is 0 Å². The summed E-state index contributed by atoms with van der Waals surface area (Å²) in [5.74, 6) is -0.202. The molecule has 6 nitrogen and oxygen atoms in total. The van der Waals surface area contributed by atoms with Crippen LogP contribution in [0.3, 0.4) is 0 Å². The zero-order valence-corrected chi connectivity index (χ0v) is 14.4. The van der Waals surface area contributed by atoms with Crippen molar-refractivity contribution in [2.75, 3.05) is 34.5 Å². The second-order valence-corrected chi connectivity index (χ2v) is 7.69. The lowest BCUT2D eigenvalue weighted by Gasteiger charge is -2.24. The molecule has 0 aromatic heterocycles. The molecule has 0 rings (SSSR count). The van der Waals surface area contributed by atoms with E-state index in [2.05, 4.69) is 12.2 Å². The SMILES string of the molecule is CCCCOC(=O)C(C)NCCC[Si](OC)(OC)OC. The fourth-order valence-electron chi connectivity index (χ4n) is 1.71. The smallest absolute Gasteiger partial charge is 0.465 e. The Morgan fingerprint density at radius 1 is 1.15 bits per heavy atom. The van der Waals surface area contributed by atoms with E-state index in [1.165, 1.54) is 0 Å². The van der Waals surface area contributed by atoms with Gasteiger partial charge in [0.05, 0.1) is 6.61 Å². The molecule has 0 bridgehead atoms. The lowest BCUT2D eigenvalue weighted by molar-refractivity contribution is -0.145. The van der Waals surface area contributed by atoms with E-state index >= 15 is 0 Å². The number of nitrogens with one attached hydrogen (secondary N) is 1. The monoisotopic (exact) mass is 307 g/mol. The third kappa shape index (κ3) is 7.35. The molecule has 0 saturated carbocycles. The number of esters is 1. The summed E-state index contributed by atoms with van der Waals surface area (Å²) in [4.78, 5) is 11.6. The van der Waals surface area contributed by atoms with Crippen molar-refractivity contribution >= 4 is 14.8 Å². The van der Waals surface area contributed by atoms with E-state index in [1.54, 1.807) is 21.3 Å². The number of carbonyl (C=O) groups is 1. The highest BCUT2D eigenvalue weighted by molar-refractivity contribution is 6.60. The van der Waals surface area contributed by atoms with Crippen LogP contribution in [0.1, 0.15) is 33.1 Å². The standard InChI is InChI=1S/C13H29NO5Si/c1-6-7-10-19-13(15)12(2)14-9-8-11-20(16-3,17-4)18-5/h12,14H,6-11H2,1-5H3. The van der Waals surface area contributed by atoms with E-state index in [0.29, 0.717) is 19.2 Å². The normalized spacial score (nSPS) is 13.2. The molecule has 1 N–H and O–H groups in total. The maximum atomic E-state index is 11.6. The van der Waals surface area contributed by atoms with Gasteiger partial charge < -0.3 is 23.3 Å². The Bertz CT molecular complexity index is 253. The van der Waals surface area contributed by atoms with Gasteiger partial charge in [-0.3, -0.25) is 4.79 Å². The summed E-state index contributed by atoms with van der Waals surface area (Å²) in [6.07, 6.45) is 2.74. The van der Waals surface area contributed by atoms with Crippen LogP contribution in [0.4, 0.5) is 0 Å². The minimum absolute atomic E-state index is 0.202. The van der Waals surface area contributed by atoms with Gasteiger partial charge in [-0.25, -0.2) is 0 Å². The maximum absolute atomic E-state index is 11.6. The summed E-state index contributed by atoms with van der Waals surface area (Å²) in [5, 5.41) is 3.14. The number of hydrogen-bond acceptors (Lipinski definition) is 6. The topological polar surface area (TPSA) is 66.0 Å². The third-order valence-electron chi connectivity index (χ3n) is 3.14. The van der Waals surface area contributed by atoms with Crippen LogP contribution in [0, 0.1) is 0 Å². The summed E-state index contributed by atoms with van der Waals surface area (Å²) >= 11 is 0.